The van der Waals surface area contributed by atoms with Gasteiger partial charge in [0.05, 0.1) is 12.1 Å². The molecule has 1 aliphatic rings. The van der Waals surface area contributed by atoms with Gasteiger partial charge in [0.1, 0.15) is 0 Å². The number of hydrogen-bond acceptors (Lipinski definition) is 2. The quantitative estimate of drug-likeness (QED) is 0.824. The molecule has 1 aromatic rings. The second-order valence-electron chi connectivity index (χ2n) is 4.82. The van der Waals surface area contributed by atoms with Crippen LogP contribution in [0.15, 0.2) is 24.3 Å². The number of nitrogens with two attached hydrogens (primary N) is 1. The minimum absolute atomic E-state index is 0.00841. The summed E-state index contributed by atoms with van der Waals surface area (Å²) in [6.07, 6.45) is 4.14. The average Bonchev–Trinajstić information content (AvgIpc) is 2.89. The lowest BCUT2D eigenvalue weighted by Gasteiger charge is -2.28. The molecular formula is C14H17IN2O2. The van der Waals surface area contributed by atoms with Crippen molar-refractivity contribution >= 4 is 34.4 Å². The van der Waals surface area contributed by atoms with Crippen LogP contribution in [0.4, 0.5) is 0 Å². The molecule has 0 spiro atoms. The Morgan fingerprint density at radius 1 is 1.26 bits per heavy atom. The summed E-state index contributed by atoms with van der Waals surface area (Å²) in [6.45, 7) is 0.00841. The van der Waals surface area contributed by atoms with Gasteiger partial charge < -0.3 is 10.6 Å². The predicted octanol–water partition coefficient (Wildman–Crippen LogP) is 2.16. The summed E-state index contributed by atoms with van der Waals surface area (Å²) in [5.74, 6) is -0.540. The van der Waals surface area contributed by atoms with Crippen molar-refractivity contribution in [3.05, 3.63) is 33.4 Å². The summed E-state index contributed by atoms with van der Waals surface area (Å²) < 4.78 is 0.901. The van der Waals surface area contributed by atoms with Gasteiger partial charge in [0.25, 0.3) is 5.91 Å². The number of nitrogens with zero attached hydrogens (tertiary/aromatic N) is 1. The predicted molar refractivity (Wildman–Crippen MR) is 81.6 cm³/mol. The van der Waals surface area contributed by atoms with Crippen LogP contribution in [0.25, 0.3) is 0 Å². The normalized spacial score (nSPS) is 15.4. The van der Waals surface area contributed by atoms with E-state index in [2.05, 4.69) is 22.6 Å². The minimum atomic E-state index is -0.453. The minimum Gasteiger partial charge on any atom is -0.368 e. The third-order valence-corrected chi connectivity index (χ3v) is 4.40. The van der Waals surface area contributed by atoms with Crippen molar-refractivity contribution in [3.63, 3.8) is 0 Å². The first-order valence-electron chi connectivity index (χ1n) is 6.43. The number of benzene rings is 1. The fourth-order valence-corrected chi connectivity index (χ4v) is 3.16. The third kappa shape index (κ3) is 3.46. The maximum Gasteiger partial charge on any atom is 0.255 e. The number of carbonyl (C=O) groups excluding carboxylic acids is 2. The Labute approximate surface area is 126 Å². The zero-order valence-corrected chi connectivity index (χ0v) is 12.8. The van der Waals surface area contributed by atoms with E-state index in [-0.39, 0.29) is 18.5 Å². The Hall–Kier alpha value is -1.11. The first-order valence-corrected chi connectivity index (χ1v) is 7.51. The first-order chi connectivity index (χ1) is 9.09. The molecule has 5 heteroatoms. The Kier molecular flexibility index (Phi) is 4.79. The van der Waals surface area contributed by atoms with Crippen LogP contribution in [0.1, 0.15) is 36.0 Å². The molecule has 1 fully saturated rings. The van der Waals surface area contributed by atoms with Crippen molar-refractivity contribution < 1.29 is 9.59 Å². The molecule has 0 aromatic heterocycles. The highest BCUT2D eigenvalue weighted by Crippen LogP contribution is 2.25. The molecule has 0 saturated heterocycles. The molecular weight excluding hydrogens is 355 g/mol. The fourth-order valence-electron chi connectivity index (χ4n) is 2.54. The number of halogens is 1. The van der Waals surface area contributed by atoms with Crippen molar-refractivity contribution in [1.29, 1.82) is 0 Å². The highest BCUT2D eigenvalue weighted by Gasteiger charge is 2.29. The van der Waals surface area contributed by atoms with E-state index < -0.39 is 5.91 Å². The van der Waals surface area contributed by atoms with Gasteiger partial charge in [0, 0.05) is 9.61 Å². The van der Waals surface area contributed by atoms with Crippen LogP contribution < -0.4 is 5.73 Å². The molecule has 1 aliphatic carbocycles. The lowest BCUT2D eigenvalue weighted by molar-refractivity contribution is -0.119. The van der Waals surface area contributed by atoms with Gasteiger partial charge in [-0.05, 0) is 47.6 Å². The van der Waals surface area contributed by atoms with E-state index >= 15 is 0 Å². The molecule has 2 N–H and O–H groups in total. The van der Waals surface area contributed by atoms with Gasteiger partial charge in [-0.2, -0.15) is 0 Å². The number of carbonyl (C=O) groups is 2. The van der Waals surface area contributed by atoms with Gasteiger partial charge in [-0.1, -0.05) is 25.0 Å². The lowest BCUT2D eigenvalue weighted by Crippen LogP contribution is -2.44. The molecule has 2 amide bonds. The highest BCUT2D eigenvalue weighted by atomic mass is 127. The van der Waals surface area contributed by atoms with Crippen molar-refractivity contribution in [2.24, 2.45) is 5.73 Å². The summed E-state index contributed by atoms with van der Waals surface area (Å²) in [4.78, 5) is 25.5. The molecule has 0 aliphatic heterocycles. The average molecular weight is 372 g/mol. The van der Waals surface area contributed by atoms with Crippen LogP contribution in [0.3, 0.4) is 0 Å². The van der Waals surface area contributed by atoms with E-state index in [1.807, 2.05) is 18.2 Å². The highest BCUT2D eigenvalue weighted by molar-refractivity contribution is 14.1. The van der Waals surface area contributed by atoms with Crippen LogP contribution in [0.5, 0.6) is 0 Å². The molecule has 0 bridgehead atoms. The van der Waals surface area contributed by atoms with Crippen LogP contribution in [-0.4, -0.2) is 29.3 Å². The van der Waals surface area contributed by atoms with Crippen molar-refractivity contribution in [3.8, 4) is 0 Å². The lowest BCUT2D eigenvalue weighted by atomic mass is 10.1. The molecule has 1 aromatic carbocycles. The van der Waals surface area contributed by atoms with Crippen molar-refractivity contribution in [2.75, 3.05) is 6.54 Å². The molecule has 2 rings (SSSR count). The van der Waals surface area contributed by atoms with Gasteiger partial charge in [-0.25, -0.2) is 0 Å². The summed E-state index contributed by atoms with van der Waals surface area (Å²) in [7, 11) is 0. The first kappa shape index (κ1) is 14.3. The molecule has 0 atom stereocenters. The zero-order chi connectivity index (χ0) is 13.8. The second-order valence-corrected chi connectivity index (χ2v) is 5.98. The van der Waals surface area contributed by atoms with E-state index in [0.717, 1.165) is 29.3 Å². The van der Waals surface area contributed by atoms with Crippen LogP contribution >= 0.6 is 22.6 Å². The smallest absolute Gasteiger partial charge is 0.255 e. The Morgan fingerprint density at radius 2 is 1.89 bits per heavy atom. The SMILES string of the molecule is NC(=O)CN(C(=O)c1ccccc1I)C1CCCC1. The monoisotopic (exact) mass is 372 g/mol. The Bertz CT molecular complexity index is 484. The maximum atomic E-state index is 12.6. The van der Waals surface area contributed by atoms with Gasteiger partial charge in [-0.3, -0.25) is 9.59 Å². The van der Waals surface area contributed by atoms with Crippen LogP contribution in [0, 0.1) is 3.57 Å². The summed E-state index contributed by atoms with van der Waals surface area (Å²) in [5, 5.41) is 0. The largest absolute Gasteiger partial charge is 0.368 e. The second kappa shape index (κ2) is 6.36. The third-order valence-electron chi connectivity index (χ3n) is 3.46. The zero-order valence-electron chi connectivity index (χ0n) is 10.6. The number of amides is 2. The molecule has 1 saturated carbocycles. The van der Waals surface area contributed by atoms with Crippen LogP contribution in [-0.2, 0) is 4.79 Å². The van der Waals surface area contributed by atoms with E-state index in [9.17, 15) is 9.59 Å². The fraction of sp³-hybridized carbons (Fsp3) is 0.429. The van der Waals surface area contributed by atoms with Gasteiger partial charge in [-0.15, -0.1) is 0 Å². The van der Waals surface area contributed by atoms with Gasteiger partial charge in [0.15, 0.2) is 0 Å². The van der Waals surface area contributed by atoms with E-state index in [4.69, 9.17) is 5.73 Å². The van der Waals surface area contributed by atoms with E-state index in [1.165, 1.54) is 0 Å². The number of hydrogen-bond donors (Lipinski definition) is 1. The van der Waals surface area contributed by atoms with Gasteiger partial charge >= 0.3 is 0 Å². The number of rotatable bonds is 4. The van der Waals surface area contributed by atoms with Crippen LogP contribution in [0.2, 0.25) is 0 Å². The van der Waals surface area contributed by atoms with Crippen molar-refractivity contribution in [2.45, 2.75) is 31.7 Å². The van der Waals surface area contributed by atoms with Crippen molar-refractivity contribution in [1.82, 2.24) is 4.90 Å². The standard InChI is InChI=1S/C14H17IN2O2/c15-12-8-4-3-7-11(12)14(19)17(9-13(16)18)10-5-1-2-6-10/h3-4,7-8,10H,1-2,5-6,9H2,(H2,16,18). The molecule has 0 unspecified atom stereocenters. The topological polar surface area (TPSA) is 63.4 Å². The van der Waals surface area contributed by atoms with E-state index in [0.29, 0.717) is 5.56 Å². The molecule has 0 heterocycles. The summed E-state index contributed by atoms with van der Waals surface area (Å²) in [5.41, 5.74) is 5.93. The summed E-state index contributed by atoms with van der Waals surface area (Å²) in [6, 6.07) is 7.58. The Balaban J connectivity index is 2.24. The molecule has 102 valence electrons. The summed E-state index contributed by atoms with van der Waals surface area (Å²) >= 11 is 2.14. The van der Waals surface area contributed by atoms with Gasteiger partial charge in [0.2, 0.25) is 5.91 Å². The molecule has 19 heavy (non-hydrogen) atoms. The van der Waals surface area contributed by atoms with E-state index in [1.54, 1.807) is 11.0 Å². The molecule has 0 radical (unpaired) electrons. The maximum absolute atomic E-state index is 12.6. The molecule has 4 nitrogen and oxygen atoms in total. The Morgan fingerprint density at radius 3 is 2.47 bits per heavy atom. The number of primary amides is 1.